The molecule has 0 fully saturated rings. The van der Waals surface area contributed by atoms with Crippen molar-refractivity contribution in [3.8, 4) is 5.75 Å². The Morgan fingerprint density at radius 1 is 0.964 bits per heavy atom. The number of hydrogen-bond acceptors (Lipinski definition) is 5. The molecule has 0 aliphatic carbocycles. The second kappa shape index (κ2) is 7.75. The topological polar surface area (TPSA) is 80.8 Å². The molecule has 0 heterocycles. The minimum atomic E-state index is -4.10. The van der Waals surface area contributed by atoms with Gasteiger partial charge in [-0.1, -0.05) is 32.9 Å². The summed E-state index contributed by atoms with van der Waals surface area (Å²) < 4.78 is 32.1. The molecule has 0 spiro atoms. The number of rotatable bonds is 4. The molecular formula is C21H25NO5S. The van der Waals surface area contributed by atoms with Gasteiger partial charge in [0, 0.05) is 13.8 Å². The normalized spacial score (nSPS) is 11.8. The summed E-state index contributed by atoms with van der Waals surface area (Å²) in [7, 11) is -4.10. The minimum Gasteiger partial charge on any atom is -0.427 e. The molecule has 0 N–H and O–H groups in total. The summed E-state index contributed by atoms with van der Waals surface area (Å²) >= 11 is 0. The van der Waals surface area contributed by atoms with Crippen molar-refractivity contribution >= 4 is 27.6 Å². The Kier molecular flexibility index (Phi) is 5.99. The van der Waals surface area contributed by atoms with Crippen molar-refractivity contribution in [3.05, 3.63) is 53.6 Å². The monoisotopic (exact) mass is 403 g/mol. The summed E-state index contributed by atoms with van der Waals surface area (Å²) in [6.07, 6.45) is 0. The number of carbonyl (C=O) groups is 2. The van der Waals surface area contributed by atoms with Gasteiger partial charge < -0.3 is 4.74 Å². The van der Waals surface area contributed by atoms with Gasteiger partial charge in [-0.05, 0) is 53.8 Å². The van der Waals surface area contributed by atoms with Crippen LogP contribution in [0.3, 0.4) is 0 Å². The molecule has 0 aromatic heterocycles. The Labute approximate surface area is 166 Å². The number of carbonyl (C=O) groups excluding carboxylic acids is 2. The molecule has 0 aliphatic heterocycles. The maximum Gasteiger partial charge on any atom is 0.308 e. The lowest BCUT2D eigenvalue weighted by Gasteiger charge is -2.24. The van der Waals surface area contributed by atoms with Crippen LogP contribution in [-0.2, 0) is 25.0 Å². The molecule has 0 aliphatic rings. The predicted octanol–water partition coefficient (Wildman–Crippen LogP) is 3.96. The number of anilines is 1. The smallest absolute Gasteiger partial charge is 0.308 e. The number of aryl methyl sites for hydroxylation is 1. The summed E-state index contributed by atoms with van der Waals surface area (Å²) in [5, 5.41) is 0. The molecule has 6 nitrogen and oxygen atoms in total. The molecule has 0 saturated heterocycles. The third-order valence-electron chi connectivity index (χ3n) is 4.19. The molecule has 28 heavy (non-hydrogen) atoms. The first-order valence-corrected chi connectivity index (χ1v) is 10.2. The zero-order valence-corrected chi connectivity index (χ0v) is 17.8. The van der Waals surface area contributed by atoms with Crippen molar-refractivity contribution in [1.29, 1.82) is 0 Å². The van der Waals surface area contributed by atoms with E-state index in [2.05, 4.69) is 0 Å². The molecule has 7 heteroatoms. The third kappa shape index (κ3) is 4.59. The lowest BCUT2D eigenvalue weighted by molar-refractivity contribution is -0.131. The van der Waals surface area contributed by atoms with Crippen LogP contribution in [0.4, 0.5) is 5.69 Å². The van der Waals surface area contributed by atoms with Gasteiger partial charge in [0.2, 0.25) is 5.91 Å². The van der Waals surface area contributed by atoms with Crippen molar-refractivity contribution in [3.63, 3.8) is 0 Å². The Morgan fingerprint density at radius 2 is 1.54 bits per heavy atom. The van der Waals surface area contributed by atoms with Gasteiger partial charge in [0.1, 0.15) is 5.75 Å². The first-order chi connectivity index (χ1) is 12.8. The highest BCUT2D eigenvalue weighted by Crippen LogP contribution is 2.31. The molecule has 0 saturated carbocycles. The lowest BCUT2D eigenvalue weighted by atomic mass is 9.87. The quantitative estimate of drug-likeness (QED) is 0.570. The maximum absolute atomic E-state index is 13.2. The van der Waals surface area contributed by atoms with Crippen LogP contribution in [0.1, 0.15) is 45.7 Å². The van der Waals surface area contributed by atoms with Crippen LogP contribution < -0.4 is 9.04 Å². The van der Waals surface area contributed by atoms with Gasteiger partial charge in [-0.25, -0.2) is 12.7 Å². The van der Waals surface area contributed by atoms with E-state index in [1.165, 1.54) is 44.2 Å². The van der Waals surface area contributed by atoms with Gasteiger partial charge in [0.05, 0.1) is 10.6 Å². The van der Waals surface area contributed by atoms with Crippen molar-refractivity contribution < 1.29 is 22.7 Å². The van der Waals surface area contributed by atoms with E-state index < -0.39 is 21.9 Å². The number of hydrogen-bond donors (Lipinski definition) is 0. The Bertz CT molecular complexity index is 1000. The van der Waals surface area contributed by atoms with Crippen LogP contribution in [0.25, 0.3) is 0 Å². The van der Waals surface area contributed by atoms with E-state index in [1.54, 1.807) is 19.1 Å². The van der Waals surface area contributed by atoms with E-state index in [9.17, 15) is 18.0 Å². The van der Waals surface area contributed by atoms with E-state index in [0.29, 0.717) is 5.56 Å². The molecule has 0 unspecified atom stereocenters. The summed E-state index contributed by atoms with van der Waals surface area (Å²) in [6, 6.07) is 10.9. The molecule has 2 aromatic carbocycles. The highest BCUT2D eigenvalue weighted by molar-refractivity contribution is 7.93. The fourth-order valence-electron chi connectivity index (χ4n) is 2.79. The second-order valence-corrected chi connectivity index (χ2v) is 9.39. The van der Waals surface area contributed by atoms with Crippen molar-refractivity contribution in [2.45, 2.75) is 51.9 Å². The predicted molar refractivity (Wildman–Crippen MR) is 108 cm³/mol. The summed E-state index contributed by atoms with van der Waals surface area (Å²) in [5.74, 6) is -0.838. The van der Waals surface area contributed by atoms with Crippen LogP contribution >= 0.6 is 0 Å². The Balaban J connectivity index is 2.51. The molecule has 1 amide bonds. The third-order valence-corrected chi connectivity index (χ3v) is 6.00. The first kappa shape index (κ1) is 21.6. The van der Waals surface area contributed by atoms with Crippen LogP contribution in [0.2, 0.25) is 0 Å². The molecule has 0 bridgehead atoms. The average Bonchev–Trinajstić information content (AvgIpc) is 2.55. The number of ether oxygens (including phenoxy) is 1. The number of benzene rings is 2. The van der Waals surface area contributed by atoms with E-state index >= 15 is 0 Å². The Morgan fingerprint density at radius 3 is 1.96 bits per heavy atom. The van der Waals surface area contributed by atoms with Gasteiger partial charge in [0.15, 0.2) is 0 Å². The van der Waals surface area contributed by atoms with Gasteiger partial charge in [-0.3, -0.25) is 9.59 Å². The van der Waals surface area contributed by atoms with Crippen LogP contribution in [-0.4, -0.2) is 20.3 Å². The van der Waals surface area contributed by atoms with Gasteiger partial charge >= 0.3 is 5.97 Å². The highest BCUT2D eigenvalue weighted by atomic mass is 32.2. The van der Waals surface area contributed by atoms with E-state index in [-0.39, 0.29) is 21.7 Å². The number of sulfonamides is 1. The molecule has 2 aromatic rings. The summed E-state index contributed by atoms with van der Waals surface area (Å²) in [5.41, 5.74) is 1.57. The maximum atomic E-state index is 13.2. The number of amides is 1. The summed E-state index contributed by atoms with van der Waals surface area (Å²) in [4.78, 5) is 23.4. The number of nitrogens with zero attached hydrogens (tertiary/aromatic N) is 1. The molecule has 0 atom stereocenters. The van der Waals surface area contributed by atoms with Gasteiger partial charge in [-0.15, -0.1) is 0 Å². The largest absolute Gasteiger partial charge is 0.427 e. The zero-order valence-electron chi connectivity index (χ0n) is 16.9. The standard InChI is InChI=1S/C21H25NO5S/c1-14-13-18(27-16(3)24)9-12-20(14)22(15(2)23)28(25,26)19-10-7-17(8-11-19)21(4,5)6/h7-13H,1-6H3. The SMILES string of the molecule is CC(=O)Oc1ccc(N(C(C)=O)S(=O)(=O)c2ccc(C(C)(C)C)cc2)c(C)c1. The van der Waals surface area contributed by atoms with Gasteiger partial charge in [-0.2, -0.15) is 0 Å². The number of esters is 1. The van der Waals surface area contributed by atoms with Crippen molar-refractivity contribution in [2.24, 2.45) is 0 Å². The van der Waals surface area contributed by atoms with E-state index in [0.717, 1.165) is 9.87 Å². The van der Waals surface area contributed by atoms with Crippen LogP contribution in [0.15, 0.2) is 47.4 Å². The lowest BCUT2D eigenvalue weighted by Crippen LogP contribution is -2.35. The molecule has 0 radical (unpaired) electrons. The first-order valence-electron chi connectivity index (χ1n) is 8.79. The summed E-state index contributed by atoms with van der Waals surface area (Å²) in [6.45, 7) is 10.2. The minimum absolute atomic E-state index is 0.0270. The Hall–Kier alpha value is -2.67. The fraction of sp³-hybridized carbons (Fsp3) is 0.333. The average molecular weight is 404 g/mol. The van der Waals surface area contributed by atoms with Gasteiger partial charge in [0.25, 0.3) is 10.0 Å². The molecule has 2 rings (SSSR count). The van der Waals surface area contributed by atoms with E-state index in [1.807, 2.05) is 20.8 Å². The van der Waals surface area contributed by atoms with Crippen molar-refractivity contribution in [2.75, 3.05) is 4.31 Å². The van der Waals surface area contributed by atoms with E-state index in [4.69, 9.17) is 4.74 Å². The molecular weight excluding hydrogens is 378 g/mol. The second-order valence-electron chi connectivity index (χ2n) is 7.60. The molecule has 150 valence electrons. The highest BCUT2D eigenvalue weighted by Gasteiger charge is 2.30. The van der Waals surface area contributed by atoms with Crippen LogP contribution in [0, 0.1) is 6.92 Å². The fourth-order valence-corrected chi connectivity index (χ4v) is 4.28. The van der Waals surface area contributed by atoms with Crippen LogP contribution in [0.5, 0.6) is 5.75 Å². The van der Waals surface area contributed by atoms with Crippen molar-refractivity contribution in [1.82, 2.24) is 0 Å². The zero-order chi connectivity index (χ0) is 21.3.